The molecule has 2 atom stereocenters. The van der Waals surface area contributed by atoms with Crippen LogP contribution in [0.5, 0.6) is 0 Å². The monoisotopic (exact) mass is 311 g/mol. The third-order valence-corrected chi connectivity index (χ3v) is 5.46. The molecule has 3 rings (SSSR count). The van der Waals surface area contributed by atoms with Crippen LogP contribution in [0.3, 0.4) is 0 Å². The molecule has 0 aromatic carbocycles. The molecule has 0 bridgehead atoms. The van der Waals surface area contributed by atoms with Crippen LogP contribution in [0.15, 0.2) is 0 Å². The quantitative estimate of drug-likeness (QED) is 0.795. The highest BCUT2D eigenvalue weighted by molar-refractivity contribution is 5.79. The number of carbonyl (C=O) groups is 1. The molecule has 0 radical (unpaired) electrons. The molecule has 3 aliphatic heterocycles. The van der Waals surface area contributed by atoms with Crippen LogP contribution in [0, 0.1) is 11.3 Å². The molecule has 0 unspecified atom stereocenters. The lowest BCUT2D eigenvalue weighted by molar-refractivity contribution is -0.168. The van der Waals surface area contributed by atoms with Gasteiger partial charge in [-0.05, 0) is 39.0 Å². The minimum Gasteiger partial charge on any atom is -0.381 e. The molecule has 0 aromatic heterocycles. The third kappa shape index (κ3) is 3.31. The van der Waals surface area contributed by atoms with Gasteiger partial charge in [0.15, 0.2) is 0 Å². The smallest absolute Gasteiger partial charge is 0.225 e. The number of piperidine rings is 1. The number of rotatable bonds is 4. The van der Waals surface area contributed by atoms with Crippen molar-refractivity contribution in [3.63, 3.8) is 0 Å². The Hall–Kier alpha value is -0.650. The number of likely N-dealkylation sites (tertiary alicyclic amines) is 1. The molecular formula is C17H29NO4. The predicted octanol–water partition coefficient (Wildman–Crippen LogP) is 1.85. The number of ether oxygens (including phenoxy) is 3. The highest BCUT2D eigenvalue weighted by Gasteiger charge is 2.47. The van der Waals surface area contributed by atoms with Gasteiger partial charge in [0.05, 0.1) is 12.7 Å². The van der Waals surface area contributed by atoms with Gasteiger partial charge in [0.1, 0.15) is 0 Å². The van der Waals surface area contributed by atoms with Crippen molar-refractivity contribution < 1.29 is 19.0 Å². The van der Waals surface area contributed by atoms with E-state index in [-0.39, 0.29) is 17.4 Å². The molecule has 5 nitrogen and oxygen atoms in total. The summed E-state index contributed by atoms with van der Waals surface area (Å²) in [5, 5.41) is 0. The van der Waals surface area contributed by atoms with Gasteiger partial charge in [-0.3, -0.25) is 4.79 Å². The second-order valence-electron chi connectivity index (χ2n) is 6.90. The number of carbonyl (C=O) groups excluding carboxylic acids is 1. The molecule has 1 amide bonds. The summed E-state index contributed by atoms with van der Waals surface area (Å²) in [5.41, 5.74) is 0.00728. The second-order valence-corrected chi connectivity index (χ2v) is 6.90. The Balaban J connectivity index is 1.67. The third-order valence-electron chi connectivity index (χ3n) is 5.46. The Morgan fingerprint density at radius 1 is 1.27 bits per heavy atom. The first-order chi connectivity index (χ1) is 10.7. The minimum absolute atomic E-state index is 0.00728. The van der Waals surface area contributed by atoms with E-state index in [1.165, 1.54) is 0 Å². The maximum Gasteiger partial charge on any atom is 0.225 e. The first kappa shape index (κ1) is 16.2. The molecular weight excluding hydrogens is 282 g/mol. The lowest BCUT2D eigenvalue weighted by atomic mass is 9.72. The molecule has 3 fully saturated rings. The number of hydrogen-bond acceptors (Lipinski definition) is 4. The van der Waals surface area contributed by atoms with Gasteiger partial charge in [0.2, 0.25) is 5.91 Å². The van der Waals surface area contributed by atoms with E-state index >= 15 is 0 Å². The molecule has 0 N–H and O–H groups in total. The highest BCUT2D eigenvalue weighted by atomic mass is 16.5. The predicted molar refractivity (Wildman–Crippen MR) is 82.6 cm³/mol. The van der Waals surface area contributed by atoms with Crippen LogP contribution in [0.4, 0.5) is 0 Å². The van der Waals surface area contributed by atoms with E-state index in [9.17, 15) is 4.79 Å². The zero-order valence-corrected chi connectivity index (χ0v) is 13.7. The normalized spacial score (nSPS) is 33.5. The fourth-order valence-corrected chi connectivity index (χ4v) is 4.20. The molecule has 0 aliphatic carbocycles. The standard InChI is InChI=1S/C17H29NO4/c1-2-20-13-17-7-3-9-22-15(17)4-8-18(12-17)16(19)14-5-10-21-11-6-14/h14-15H,2-13H2,1H3/t15-,17+/m1/s1. The Bertz CT molecular complexity index is 383. The van der Waals surface area contributed by atoms with Crippen molar-refractivity contribution in [2.75, 3.05) is 46.1 Å². The maximum atomic E-state index is 12.8. The number of hydrogen-bond donors (Lipinski definition) is 0. The van der Waals surface area contributed by atoms with Crippen LogP contribution < -0.4 is 0 Å². The average molecular weight is 311 g/mol. The first-order valence-electron chi connectivity index (χ1n) is 8.81. The van der Waals surface area contributed by atoms with Crippen molar-refractivity contribution in [3.8, 4) is 0 Å². The van der Waals surface area contributed by atoms with Gasteiger partial charge in [0.25, 0.3) is 0 Å². The van der Waals surface area contributed by atoms with E-state index in [0.29, 0.717) is 12.5 Å². The van der Waals surface area contributed by atoms with Crippen molar-refractivity contribution in [1.29, 1.82) is 0 Å². The summed E-state index contributed by atoms with van der Waals surface area (Å²) in [6.07, 6.45) is 5.12. The fourth-order valence-electron chi connectivity index (χ4n) is 4.20. The van der Waals surface area contributed by atoms with Crippen LogP contribution in [0.1, 0.15) is 39.0 Å². The summed E-state index contributed by atoms with van der Waals surface area (Å²) >= 11 is 0. The van der Waals surface area contributed by atoms with E-state index < -0.39 is 0 Å². The van der Waals surface area contributed by atoms with Crippen molar-refractivity contribution >= 4 is 5.91 Å². The fraction of sp³-hybridized carbons (Fsp3) is 0.941. The summed E-state index contributed by atoms with van der Waals surface area (Å²) in [6.45, 7) is 7.40. The van der Waals surface area contributed by atoms with Gasteiger partial charge in [-0.2, -0.15) is 0 Å². The second kappa shape index (κ2) is 7.28. The summed E-state index contributed by atoms with van der Waals surface area (Å²) in [6, 6.07) is 0. The van der Waals surface area contributed by atoms with Crippen molar-refractivity contribution in [2.24, 2.45) is 11.3 Å². The largest absolute Gasteiger partial charge is 0.381 e. The van der Waals surface area contributed by atoms with Gasteiger partial charge in [0, 0.05) is 50.8 Å². The Morgan fingerprint density at radius 2 is 2.09 bits per heavy atom. The van der Waals surface area contributed by atoms with Gasteiger partial charge in [-0.25, -0.2) is 0 Å². The maximum absolute atomic E-state index is 12.8. The van der Waals surface area contributed by atoms with E-state index in [1.54, 1.807) is 0 Å². The number of nitrogens with zero attached hydrogens (tertiary/aromatic N) is 1. The lowest BCUT2D eigenvalue weighted by Crippen LogP contribution is -2.59. The number of amides is 1. The average Bonchev–Trinajstić information content (AvgIpc) is 2.59. The lowest BCUT2D eigenvalue weighted by Gasteiger charge is -2.50. The topological polar surface area (TPSA) is 48.0 Å². The Morgan fingerprint density at radius 3 is 2.86 bits per heavy atom. The van der Waals surface area contributed by atoms with Crippen molar-refractivity contribution in [2.45, 2.75) is 45.1 Å². The minimum atomic E-state index is 0.00728. The van der Waals surface area contributed by atoms with Crippen molar-refractivity contribution in [1.82, 2.24) is 4.90 Å². The van der Waals surface area contributed by atoms with Crippen LogP contribution in [0.2, 0.25) is 0 Å². The molecule has 0 aromatic rings. The van der Waals surface area contributed by atoms with E-state index in [4.69, 9.17) is 14.2 Å². The van der Waals surface area contributed by atoms with Crippen molar-refractivity contribution in [3.05, 3.63) is 0 Å². The summed E-state index contributed by atoms with van der Waals surface area (Å²) in [4.78, 5) is 14.9. The molecule has 5 heteroatoms. The first-order valence-corrected chi connectivity index (χ1v) is 8.81. The molecule has 126 valence electrons. The van der Waals surface area contributed by atoms with Crippen LogP contribution in [-0.4, -0.2) is 63.0 Å². The van der Waals surface area contributed by atoms with Crippen LogP contribution in [0.25, 0.3) is 0 Å². The Kier molecular flexibility index (Phi) is 5.37. The molecule has 3 saturated heterocycles. The van der Waals surface area contributed by atoms with E-state index in [1.807, 2.05) is 6.92 Å². The van der Waals surface area contributed by atoms with Crippen LogP contribution >= 0.6 is 0 Å². The summed E-state index contributed by atoms with van der Waals surface area (Å²) in [5.74, 6) is 0.474. The van der Waals surface area contributed by atoms with Gasteiger partial charge in [-0.1, -0.05) is 0 Å². The SMILES string of the molecule is CCOC[C@@]12CCCO[C@@H]1CCN(C(=O)C1CCOCC1)C2. The zero-order valence-electron chi connectivity index (χ0n) is 13.7. The Labute approximate surface area is 133 Å². The molecule has 22 heavy (non-hydrogen) atoms. The molecule has 3 aliphatic rings. The van der Waals surface area contributed by atoms with E-state index in [2.05, 4.69) is 4.90 Å². The van der Waals surface area contributed by atoms with Gasteiger partial charge < -0.3 is 19.1 Å². The molecule has 3 heterocycles. The molecule has 0 spiro atoms. The summed E-state index contributed by atoms with van der Waals surface area (Å²) < 4.78 is 17.2. The van der Waals surface area contributed by atoms with Gasteiger partial charge in [-0.15, -0.1) is 0 Å². The number of fused-ring (bicyclic) bond motifs is 1. The van der Waals surface area contributed by atoms with Crippen LogP contribution in [-0.2, 0) is 19.0 Å². The zero-order chi connectivity index (χ0) is 15.4. The highest BCUT2D eigenvalue weighted by Crippen LogP contribution is 2.41. The summed E-state index contributed by atoms with van der Waals surface area (Å²) in [7, 11) is 0. The molecule has 0 saturated carbocycles. The van der Waals surface area contributed by atoms with Gasteiger partial charge >= 0.3 is 0 Å². The van der Waals surface area contributed by atoms with E-state index in [0.717, 1.165) is 71.6 Å².